The van der Waals surface area contributed by atoms with E-state index >= 15 is 0 Å². The molecule has 4 aromatic rings. The van der Waals surface area contributed by atoms with E-state index in [0.717, 1.165) is 4.47 Å². The number of carbonyl (C=O) groups is 3. The number of ether oxygens (including phenoxy) is 2. The van der Waals surface area contributed by atoms with Crippen molar-refractivity contribution in [2.24, 2.45) is 5.10 Å². The first kappa shape index (κ1) is 26.3. The van der Waals surface area contributed by atoms with E-state index in [2.05, 4.69) is 31.8 Å². The van der Waals surface area contributed by atoms with E-state index in [9.17, 15) is 14.4 Å². The molecule has 0 spiro atoms. The van der Waals surface area contributed by atoms with Crippen LogP contribution in [0.5, 0.6) is 11.5 Å². The molecule has 4 aromatic carbocycles. The van der Waals surface area contributed by atoms with Crippen LogP contribution in [0.2, 0.25) is 0 Å². The molecule has 0 radical (unpaired) electrons. The summed E-state index contributed by atoms with van der Waals surface area (Å²) < 4.78 is 11.5. The maximum absolute atomic E-state index is 12.5. The van der Waals surface area contributed by atoms with Crippen molar-refractivity contribution in [3.8, 4) is 11.5 Å². The Bertz CT molecular complexity index is 1470. The van der Waals surface area contributed by atoms with Gasteiger partial charge in [0.05, 0.1) is 18.9 Å². The van der Waals surface area contributed by atoms with E-state index in [4.69, 9.17) is 9.47 Å². The number of para-hydroxylation sites is 1. The predicted molar refractivity (Wildman–Crippen MR) is 148 cm³/mol. The molecule has 2 amide bonds. The third-order valence-electron chi connectivity index (χ3n) is 5.33. The average Bonchev–Trinajstić information content (AvgIpc) is 2.94. The Morgan fingerprint density at radius 3 is 2.05 bits per heavy atom. The van der Waals surface area contributed by atoms with Gasteiger partial charge < -0.3 is 14.8 Å². The molecule has 8 nitrogen and oxygen atoms in total. The van der Waals surface area contributed by atoms with Crippen molar-refractivity contribution in [2.75, 3.05) is 12.4 Å². The Hall–Kier alpha value is -4.76. The maximum atomic E-state index is 12.5. The van der Waals surface area contributed by atoms with Crippen molar-refractivity contribution in [3.05, 3.63) is 124 Å². The van der Waals surface area contributed by atoms with Gasteiger partial charge in [0.15, 0.2) is 0 Å². The number of hydrogen-bond acceptors (Lipinski definition) is 6. The van der Waals surface area contributed by atoms with Crippen molar-refractivity contribution in [3.63, 3.8) is 0 Å². The van der Waals surface area contributed by atoms with Crippen molar-refractivity contribution in [1.82, 2.24) is 5.43 Å². The first-order chi connectivity index (χ1) is 18.4. The van der Waals surface area contributed by atoms with Crippen molar-refractivity contribution >= 4 is 45.6 Å². The van der Waals surface area contributed by atoms with Gasteiger partial charge in [0, 0.05) is 26.9 Å². The minimum Gasteiger partial charge on any atom is -0.497 e. The fourth-order valence-corrected chi connectivity index (χ4v) is 3.56. The SMILES string of the molecule is COc1ccc(C(=O)Oc2ccccc2/C=N\NC(=O)c2ccc(NC(=O)c3ccc(Br)cc3)cc2)cc1. The molecule has 0 fully saturated rings. The lowest BCUT2D eigenvalue weighted by Gasteiger charge is -2.08. The molecular weight excluding hydrogens is 550 g/mol. The third-order valence-corrected chi connectivity index (χ3v) is 5.86. The largest absolute Gasteiger partial charge is 0.497 e. The number of esters is 1. The average molecular weight is 572 g/mol. The van der Waals surface area contributed by atoms with E-state index in [-0.39, 0.29) is 11.7 Å². The molecule has 38 heavy (non-hydrogen) atoms. The van der Waals surface area contributed by atoms with Crippen LogP contribution in [0.4, 0.5) is 5.69 Å². The number of nitrogens with one attached hydrogen (secondary N) is 2. The van der Waals surface area contributed by atoms with Crippen LogP contribution in [-0.4, -0.2) is 31.1 Å². The number of hydrazone groups is 1. The van der Waals surface area contributed by atoms with Crippen LogP contribution >= 0.6 is 15.9 Å². The first-order valence-corrected chi connectivity index (χ1v) is 12.2. The van der Waals surface area contributed by atoms with Gasteiger partial charge in [-0.25, -0.2) is 10.2 Å². The second-order valence-electron chi connectivity index (χ2n) is 7.89. The van der Waals surface area contributed by atoms with E-state index < -0.39 is 11.9 Å². The second-order valence-corrected chi connectivity index (χ2v) is 8.81. The molecule has 0 saturated heterocycles. The van der Waals surface area contributed by atoms with Gasteiger partial charge in [-0.2, -0.15) is 5.10 Å². The summed E-state index contributed by atoms with van der Waals surface area (Å²) in [5, 5.41) is 6.78. The number of nitrogens with zero attached hydrogens (tertiary/aromatic N) is 1. The molecule has 0 atom stereocenters. The summed E-state index contributed by atoms with van der Waals surface area (Å²) in [4.78, 5) is 37.4. The summed E-state index contributed by atoms with van der Waals surface area (Å²) >= 11 is 3.34. The minimum atomic E-state index is -0.537. The van der Waals surface area contributed by atoms with Crippen LogP contribution < -0.4 is 20.2 Å². The summed E-state index contributed by atoms with van der Waals surface area (Å²) in [5.74, 6) is -0.322. The number of halogens is 1. The zero-order valence-electron chi connectivity index (χ0n) is 20.2. The Kier molecular flexibility index (Phi) is 8.63. The molecule has 0 aliphatic heterocycles. The lowest BCUT2D eigenvalue weighted by molar-refractivity contribution is 0.0733. The zero-order chi connectivity index (χ0) is 26.9. The van der Waals surface area contributed by atoms with Crippen LogP contribution in [0.3, 0.4) is 0 Å². The second kappa shape index (κ2) is 12.5. The van der Waals surface area contributed by atoms with Crippen LogP contribution in [0.15, 0.2) is 107 Å². The molecule has 0 bridgehead atoms. The van der Waals surface area contributed by atoms with Crippen LogP contribution in [0.25, 0.3) is 0 Å². The molecule has 0 aliphatic rings. The summed E-state index contributed by atoms with van der Waals surface area (Å²) in [6.07, 6.45) is 1.39. The fraction of sp³-hybridized carbons (Fsp3) is 0.0345. The summed E-state index contributed by atoms with van der Waals surface area (Å²) in [6, 6.07) is 26.8. The highest BCUT2D eigenvalue weighted by Gasteiger charge is 2.12. The lowest BCUT2D eigenvalue weighted by atomic mass is 10.1. The summed E-state index contributed by atoms with van der Waals surface area (Å²) in [7, 11) is 1.54. The van der Waals surface area contributed by atoms with Gasteiger partial charge in [0.1, 0.15) is 11.5 Å². The lowest BCUT2D eigenvalue weighted by Crippen LogP contribution is -2.18. The van der Waals surface area contributed by atoms with E-state index in [1.165, 1.54) is 6.21 Å². The Morgan fingerprint density at radius 1 is 0.763 bits per heavy atom. The van der Waals surface area contributed by atoms with E-state index in [0.29, 0.717) is 33.7 Å². The highest BCUT2D eigenvalue weighted by Crippen LogP contribution is 2.19. The molecule has 0 saturated carbocycles. The number of hydrogen-bond donors (Lipinski definition) is 2. The molecule has 0 unspecified atom stereocenters. The van der Waals surface area contributed by atoms with Gasteiger partial charge in [-0.15, -0.1) is 0 Å². The highest BCUT2D eigenvalue weighted by atomic mass is 79.9. The Morgan fingerprint density at radius 2 is 1.37 bits per heavy atom. The highest BCUT2D eigenvalue weighted by molar-refractivity contribution is 9.10. The Balaban J connectivity index is 1.35. The summed E-state index contributed by atoms with van der Waals surface area (Å²) in [5.41, 5.74) is 4.72. The van der Waals surface area contributed by atoms with Crippen molar-refractivity contribution in [1.29, 1.82) is 0 Å². The van der Waals surface area contributed by atoms with Crippen LogP contribution in [-0.2, 0) is 0 Å². The smallest absolute Gasteiger partial charge is 0.343 e. The number of methoxy groups -OCH3 is 1. The van der Waals surface area contributed by atoms with Crippen LogP contribution in [0.1, 0.15) is 36.6 Å². The topological polar surface area (TPSA) is 106 Å². The molecule has 9 heteroatoms. The van der Waals surface area contributed by atoms with Crippen LogP contribution in [0, 0.1) is 0 Å². The number of carbonyl (C=O) groups excluding carboxylic acids is 3. The minimum absolute atomic E-state index is 0.259. The molecule has 0 heterocycles. The standard InChI is InChI=1S/C29H22BrN3O5/c1-37-25-16-10-21(11-17-25)29(36)38-26-5-3-2-4-22(26)18-31-33-28(35)20-8-14-24(15-9-20)32-27(34)19-6-12-23(30)13-7-19/h2-18H,1H3,(H,32,34)(H,33,35)/b31-18-. The van der Waals surface area contributed by atoms with Crippen molar-refractivity contribution in [2.45, 2.75) is 0 Å². The quantitative estimate of drug-likeness (QED) is 0.122. The Labute approximate surface area is 227 Å². The summed E-state index contributed by atoms with van der Waals surface area (Å²) in [6.45, 7) is 0. The molecule has 4 rings (SSSR count). The number of rotatable bonds is 8. The van der Waals surface area contributed by atoms with Gasteiger partial charge in [-0.3, -0.25) is 9.59 Å². The maximum Gasteiger partial charge on any atom is 0.343 e. The number of amides is 2. The molecule has 0 aliphatic carbocycles. The molecule has 190 valence electrons. The number of anilines is 1. The van der Waals surface area contributed by atoms with E-state index in [1.807, 2.05) is 0 Å². The predicted octanol–water partition coefficient (Wildman–Crippen LogP) is 5.69. The van der Waals surface area contributed by atoms with E-state index in [1.54, 1.807) is 104 Å². The van der Waals surface area contributed by atoms with Crippen molar-refractivity contribution < 1.29 is 23.9 Å². The monoisotopic (exact) mass is 571 g/mol. The van der Waals surface area contributed by atoms with Gasteiger partial charge in [-0.1, -0.05) is 28.1 Å². The fourth-order valence-electron chi connectivity index (χ4n) is 3.30. The normalized spacial score (nSPS) is 10.6. The molecule has 2 N–H and O–H groups in total. The van der Waals surface area contributed by atoms with Gasteiger partial charge >= 0.3 is 5.97 Å². The molecular formula is C29H22BrN3O5. The third kappa shape index (κ3) is 6.92. The number of benzene rings is 4. The van der Waals surface area contributed by atoms with Gasteiger partial charge in [0.25, 0.3) is 11.8 Å². The zero-order valence-corrected chi connectivity index (χ0v) is 21.8. The molecule has 0 aromatic heterocycles. The van der Waals surface area contributed by atoms with Gasteiger partial charge in [0.2, 0.25) is 0 Å². The van der Waals surface area contributed by atoms with Gasteiger partial charge in [-0.05, 0) is 84.9 Å². The first-order valence-electron chi connectivity index (χ1n) is 11.4.